The van der Waals surface area contributed by atoms with Crippen molar-refractivity contribution in [2.24, 2.45) is 0 Å². The van der Waals surface area contributed by atoms with Crippen molar-refractivity contribution >= 4 is 8.93 Å². The van der Waals surface area contributed by atoms with Crippen LogP contribution in [-0.2, 0) is 4.65 Å². The van der Waals surface area contributed by atoms with Gasteiger partial charge in [0.1, 0.15) is 0 Å². The first-order chi connectivity index (χ1) is 2.27. The molecule has 0 aliphatic heterocycles. The predicted molar refractivity (Wildman–Crippen MR) is 14.5 cm³/mol. The topological polar surface area (TPSA) is 61.5 Å². The van der Waals surface area contributed by atoms with Gasteiger partial charge in [0, 0.05) is 0 Å². The molecule has 0 unspecified atom stereocenters. The molecule has 2 N–H and O–H groups in total. The predicted octanol–water partition coefficient (Wildman–Crippen LogP) is -1.23. The molecule has 0 aromatic heterocycles. The molecule has 0 aromatic carbocycles. The molecule has 26 valence electrons. The molecule has 0 aromatic rings. The third-order valence-corrected chi connectivity index (χ3v) is 0.274. The minimum absolute atomic E-state index is 0.991. The second kappa shape index (κ2) is 1.84. The maximum absolute atomic E-state index is 8.92. The molecule has 0 radical (unpaired) electrons. The van der Waals surface area contributed by atoms with Crippen molar-refractivity contribution in [2.75, 3.05) is 0 Å². The zero-order valence-corrected chi connectivity index (χ0v) is 3.30. The van der Waals surface area contributed by atoms with E-state index in [1.54, 1.807) is 0 Å². The summed E-state index contributed by atoms with van der Waals surface area (Å²) in [6.45, 7) is 0. The Hall–Kier alpha value is -0.443. The Morgan fingerprint density at radius 2 is 2.20 bits per heavy atom. The van der Waals surface area contributed by atoms with Gasteiger partial charge in [-0.3, -0.25) is 0 Å². The van der Waals surface area contributed by atoms with Crippen LogP contribution in [0.5, 0.6) is 0 Å². The van der Waals surface area contributed by atoms with Crippen LogP contribution in [0.15, 0.2) is 0 Å². The van der Waals surface area contributed by atoms with Crippen LogP contribution in [0.1, 0.15) is 0 Å². The van der Waals surface area contributed by atoms with Gasteiger partial charge in [0.05, 0.1) is 0 Å². The molecule has 0 spiro atoms. The number of hydrogen-bond acceptors (Lipinski definition) is 0. The van der Waals surface area contributed by atoms with Crippen LogP contribution in [0.25, 0.3) is 0 Å². The fraction of sp³-hybridized carbons (Fsp3) is 0. The summed E-state index contributed by atoms with van der Waals surface area (Å²) in [7, 11) is -2.68. The molecule has 0 heterocycles. The van der Waals surface area contributed by atoms with Gasteiger partial charge in [-0.15, -0.1) is 0 Å². The van der Waals surface area contributed by atoms with E-state index in [2.05, 4.69) is 0 Å². The zero-order valence-electron chi connectivity index (χ0n) is 2.30. The fourth-order valence-electron chi connectivity index (χ4n) is 0. The Balaban J connectivity index is 3.35. The summed E-state index contributed by atoms with van der Waals surface area (Å²) in [6.07, 6.45) is 0. The Morgan fingerprint density at radius 3 is 2.20 bits per heavy atom. The van der Waals surface area contributed by atoms with Gasteiger partial charge in [-0.1, -0.05) is 0 Å². The standard InChI is InChI=1S/CHO3Si/c2-1-5(3)4/h3H/q+1/p+1. The first kappa shape index (κ1) is 4.56. The molecule has 3 nitrogen and oxygen atoms in total. The van der Waals surface area contributed by atoms with Gasteiger partial charge in [0.25, 0.3) is 0 Å². The van der Waals surface area contributed by atoms with Crippen LogP contribution in [0.4, 0.5) is 0 Å². The van der Waals surface area contributed by atoms with Gasteiger partial charge in [0.15, 0.2) is 0 Å². The van der Waals surface area contributed by atoms with Crippen LogP contribution in [0, 0.1) is 5.77 Å². The molecule has 0 aliphatic carbocycles. The molecule has 0 aliphatic rings. The van der Waals surface area contributed by atoms with Crippen LogP contribution in [-0.4, -0.2) is 18.2 Å². The van der Waals surface area contributed by atoms with Crippen LogP contribution < -0.4 is 0 Å². The van der Waals surface area contributed by atoms with Crippen LogP contribution in [0.2, 0.25) is 0 Å². The molecule has 0 bridgehead atoms. The van der Waals surface area contributed by atoms with Gasteiger partial charge in [0.2, 0.25) is 0 Å². The van der Waals surface area contributed by atoms with E-state index in [1.807, 2.05) is 0 Å². The van der Waals surface area contributed by atoms with Crippen molar-refractivity contribution in [1.82, 2.24) is 0 Å². The molecular weight excluding hydrogens is 88.1 g/mol. The molecule has 5 heavy (non-hydrogen) atoms. The first-order valence-corrected chi connectivity index (χ1v) is 2.30. The quantitative estimate of drug-likeness (QED) is 0.294. The average Bonchev–Trinajstić information content (AvgIpc) is 1.38. The van der Waals surface area contributed by atoms with Crippen molar-refractivity contribution in [3.05, 3.63) is 0 Å². The van der Waals surface area contributed by atoms with E-state index in [-0.39, 0.29) is 0 Å². The minimum atomic E-state index is -2.68. The van der Waals surface area contributed by atoms with Gasteiger partial charge < -0.3 is 0 Å². The van der Waals surface area contributed by atoms with Crippen molar-refractivity contribution < 1.29 is 13.9 Å². The van der Waals surface area contributed by atoms with Gasteiger partial charge >= 0.3 is 28.6 Å². The molecule has 4 heteroatoms. The summed E-state index contributed by atoms with van der Waals surface area (Å²) < 4.78 is 16.5. The van der Waals surface area contributed by atoms with E-state index in [9.17, 15) is 0 Å². The van der Waals surface area contributed by atoms with Crippen molar-refractivity contribution in [3.63, 3.8) is 0 Å². The van der Waals surface area contributed by atoms with E-state index in [0.717, 1.165) is 5.77 Å². The molecule has 0 fully saturated rings. The molecule has 0 saturated carbocycles. The Morgan fingerprint density at radius 1 is 2.00 bits per heavy atom. The second-order valence-electron chi connectivity index (χ2n) is 0.426. The average molecular weight is 90.1 g/mol. The Kier molecular flexibility index (Phi) is 1.68. The molecule has 0 atom stereocenters. The molecular formula is CH2O3Si+2. The van der Waals surface area contributed by atoms with Crippen molar-refractivity contribution in [3.8, 4) is 5.77 Å². The van der Waals surface area contributed by atoms with Gasteiger partial charge in [-0.25, -0.2) is 0 Å². The number of rotatable bonds is 0. The molecule has 0 saturated heterocycles. The van der Waals surface area contributed by atoms with E-state index < -0.39 is 8.93 Å². The Bertz CT molecular complexity index is 79.4. The zero-order chi connectivity index (χ0) is 4.28. The summed E-state index contributed by atoms with van der Waals surface area (Å²) in [5, 5.41) is 0. The Labute approximate surface area is 29.7 Å². The van der Waals surface area contributed by atoms with Crippen LogP contribution >= 0.6 is 0 Å². The number of hydrogen-bond donors (Lipinski definition) is 1. The first-order valence-electron chi connectivity index (χ1n) is 0.901. The fourth-order valence-corrected chi connectivity index (χ4v) is 0. The molecule has 0 rings (SSSR count). The molecule has 0 amide bonds. The monoisotopic (exact) mass is 90.0 g/mol. The van der Waals surface area contributed by atoms with E-state index >= 15 is 0 Å². The summed E-state index contributed by atoms with van der Waals surface area (Å²) in [5.41, 5.74) is 0. The maximum atomic E-state index is 8.92. The van der Waals surface area contributed by atoms with E-state index in [4.69, 9.17) is 13.9 Å². The summed E-state index contributed by atoms with van der Waals surface area (Å²) in [5.74, 6) is 0.991. The van der Waals surface area contributed by atoms with E-state index in [1.165, 1.54) is 0 Å². The SMILES string of the molecule is [O+]#C[Si](O)=[OH+]. The van der Waals surface area contributed by atoms with Gasteiger partial charge in [-0.05, 0) is 0 Å². The third kappa shape index (κ3) is 3.56. The van der Waals surface area contributed by atoms with Crippen LogP contribution in [0.3, 0.4) is 0 Å². The van der Waals surface area contributed by atoms with Crippen molar-refractivity contribution in [2.45, 2.75) is 0 Å². The van der Waals surface area contributed by atoms with Crippen molar-refractivity contribution in [1.29, 1.82) is 0 Å². The summed E-state index contributed by atoms with van der Waals surface area (Å²) in [6, 6.07) is 0. The van der Waals surface area contributed by atoms with E-state index in [0.29, 0.717) is 0 Å². The second-order valence-corrected chi connectivity index (χ2v) is 1.28. The van der Waals surface area contributed by atoms with Gasteiger partial charge in [-0.2, -0.15) is 0 Å². The normalized spacial score (nSPS) is 5.40. The third-order valence-electron chi connectivity index (χ3n) is 0.0913. The summed E-state index contributed by atoms with van der Waals surface area (Å²) >= 11 is 0. The summed E-state index contributed by atoms with van der Waals surface area (Å²) in [4.78, 5) is 7.59.